The number of benzene rings is 1. The van der Waals surface area contributed by atoms with Gasteiger partial charge in [0.05, 0.1) is 6.61 Å². The van der Waals surface area contributed by atoms with E-state index >= 15 is 0 Å². The van der Waals surface area contributed by atoms with Gasteiger partial charge in [0.15, 0.2) is 0 Å². The molecule has 0 aliphatic heterocycles. The topological polar surface area (TPSA) is 18.5 Å². The number of ether oxygens (including phenoxy) is 2. The van der Waals surface area contributed by atoms with Crippen molar-refractivity contribution < 1.29 is 9.47 Å². The molecule has 0 spiro atoms. The van der Waals surface area contributed by atoms with E-state index in [1.54, 1.807) is 0 Å². The minimum atomic E-state index is -1.00. The quantitative estimate of drug-likeness (QED) is 0.680. The van der Waals surface area contributed by atoms with Gasteiger partial charge in [-0.2, -0.15) is 0 Å². The molecule has 0 unspecified atom stereocenters. The minimum Gasteiger partial charge on any atom is -0.346 e. The largest absolute Gasteiger partial charge is 0.346 e. The number of rotatable bonds is 7. The summed E-state index contributed by atoms with van der Waals surface area (Å²) in [6.45, 7) is 10.3. The predicted octanol–water partition coefficient (Wildman–Crippen LogP) is 4.07. The van der Waals surface area contributed by atoms with Gasteiger partial charge in [0.2, 0.25) is 6.29 Å². The molecule has 95 valence electrons. The molecular weight excluding hydrogens is 228 g/mol. The van der Waals surface area contributed by atoms with Crippen molar-refractivity contribution >= 4 is 8.07 Å². The molecule has 0 aliphatic carbocycles. The fraction of sp³-hybridized carbons (Fsp3) is 0.500. The Labute approximate surface area is 106 Å². The average molecular weight is 251 g/mol. The Bertz CT molecular complexity index is 306. The fourth-order valence-corrected chi connectivity index (χ4v) is 2.02. The Morgan fingerprint density at radius 3 is 2.29 bits per heavy atom. The third kappa shape index (κ3) is 7.31. The second kappa shape index (κ2) is 6.94. The zero-order chi connectivity index (χ0) is 12.7. The van der Waals surface area contributed by atoms with E-state index in [0.29, 0.717) is 12.9 Å². The van der Waals surface area contributed by atoms with Gasteiger partial charge in [-0.05, 0) is 18.5 Å². The predicted molar refractivity (Wildman–Crippen MR) is 74.3 cm³/mol. The summed E-state index contributed by atoms with van der Waals surface area (Å²) < 4.78 is 11.1. The summed E-state index contributed by atoms with van der Waals surface area (Å²) in [5.41, 5.74) is 1.17. The van der Waals surface area contributed by atoms with E-state index in [0.717, 1.165) is 6.61 Å². The van der Waals surface area contributed by atoms with Crippen LogP contribution in [0.3, 0.4) is 0 Å². The SMILES string of the molecule is C[C](OCC[Si](C)(C)C)OCc1ccccc1. The first-order chi connectivity index (χ1) is 7.97. The fourth-order valence-electron chi connectivity index (χ4n) is 1.30. The molecule has 2 nitrogen and oxygen atoms in total. The molecule has 1 aromatic rings. The number of hydrogen-bond acceptors (Lipinski definition) is 2. The maximum atomic E-state index is 5.57. The van der Waals surface area contributed by atoms with Crippen molar-refractivity contribution in [2.45, 2.75) is 39.2 Å². The summed E-state index contributed by atoms with van der Waals surface area (Å²) in [7, 11) is -1.00. The third-order valence-corrected chi connectivity index (χ3v) is 4.15. The second-order valence-corrected chi connectivity index (χ2v) is 11.0. The first-order valence-electron chi connectivity index (χ1n) is 6.10. The molecule has 1 radical (unpaired) electrons. The van der Waals surface area contributed by atoms with Crippen LogP contribution in [0.5, 0.6) is 0 Å². The molecule has 1 aromatic carbocycles. The molecule has 0 N–H and O–H groups in total. The molecular formula is C14H23O2Si. The van der Waals surface area contributed by atoms with Crippen molar-refractivity contribution in [3.8, 4) is 0 Å². The lowest BCUT2D eigenvalue weighted by Crippen LogP contribution is -2.22. The van der Waals surface area contributed by atoms with Crippen LogP contribution < -0.4 is 0 Å². The van der Waals surface area contributed by atoms with Crippen LogP contribution in [-0.4, -0.2) is 14.7 Å². The molecule has 17 heavy (non-hydrogen) atoms. The minimum absolute atomic E-state index is 0.583. The lowest BCUT2D eigenvalue weighted by molar-refractivity contribution is -0.0407. The van der Waals surface area contributed by atoms with Gasteiger partial charge in [-0.15, -0.1) is 0 Å². The maximum absolute atomic E-state index is 5.57. The zero-order valence-corrected chi connectivity index (χ0v) is 12.3. The van der Waals surface area contributed by atoms with Crippen LogP contribution >= 0.6 is 0 Å². The Kier molecular flexibility index (Phi) is 5.89. The van der Waals surface area contributed by atoms with Crippen molar-refractivity contribution in [1.29, 1.82) is 0 Å². The molecule has 0 aromatic heterocycles. The van der Waals surface area contributed by atoms with Crippen molar-refractivity contribution in [2.24, 2.45) is 0 Å². The number of hydrogen-bond donors (Lipinski definition) is 0. The Hall–Kier alpha value is -0.643. The molecule has 0 fully saturated rings. The van der Waals surface area contributed by atoms with E-state index in [1.165, 1.54) is 11.6 Å². The van der Waals surface area contributed by atoms with Gasteiger partial charge < -0.3 is 9.47 Å². The van der Waals surface area contributed by atoms with E-state index in [2.05, 4.69) is 31.8 Å². The summed E-state index contributed by atoms with van der Waals surface area (Å²) in [6.07, 6.45) is 0.673. The maximum Gasteiger partial charge on any atom is 0.220 e. The molecule has 0 saturated heterocycles. The van der Waals surface area contributed by atoms with Crippen LogP contribution in [0.2, 0.25) is 25.7 Å². The Balaban J connectivity index is 2.15. The third-order valence-electron chi connectivity index (χ3n) is 2.44. The molecule has 0 atom stereocenters. The van der Waals surface area contributed by atoms with Crippen LogP contribution in [0.4, 0.5) is 0 Å². The Morgan fingerprint density at radius 1 is 1.06 bits per heavy atom. The van der Waals surface area contributed by atoms with Gasteiger partial charge in [-0.1, -0.05) is 50.0 Å². The molecule has 1 rings (SSSR count). The lowest BCUT2D eigenvalue weighted by atomic mass is 10.2. The first-order valence-corrected chi connectivity index (χ1v) is 9.81. The van der Waals surface area contributed by atoms with Gasteiger partial charge in [0.1, 0.15) is 0 Å². The normalized spacial score (nSPS) is 12.1. The van der Waals surface area contributed by atoms with Crippen LogP contribution in [-0.2, 0) is 16.1 Å². The first kappa shape index (κ1) is 14.4. The van der Waals surface area contributed by atoms with E-state index in [1.807, 2.05) is 25.1 Å². The van der Waals surface area contributed by atoms with E-state index in [9.17, 15) is 0 Å². The van der Waals surface area contributed by atoms with Crippen LogP contribution in [0.1, 0.15) is 12.5 Å². The van der Waals surface area contributed by atoms with Crippen molar-refractivity contribution in [1.82, 2.24) is 0 Å². The molecule has 0 aliphatic rings. The molecule has 0 bridgehead atoms. The average Bonchev–Trinajstić information content (AvgIpc) is 2.26. The summed E-state index contributed by atoms with van der Waals surface area (Å²) >= 11 is 0. The zero-order valence-electron chi connectivity index (χ0n) is 11.3. The monoisotopic (exact) mass is 251 g/mol. The van der Waals surface area contributed by atoms with E-state index < -0.39 is 8.07 Å². The summed E-state index contributed by atoms with van der Waals surface area (Å²) in [5, 5.41) is 0. The molecule has 0 amide bonds. The highest BCUT2D eigenvalue weighted by atomic mass is 28.3. The second-order valence-electron chi connectivity index (χ2n) is 5.42. The smallest absolute Gasteiger partial charge is 0.220 e. The van der Waals surface area contributed by atoms with Crippen molar-refractivity contribution in [2.75, 3.05) is 6.61 Å². The van der Waals surface area contributed by atoms with E-state index in [-0.39, 0.29) is 0 Å². The van der Waals surface area contributed by atoms with Crippen molar-refractivity contribution in [3.63, 3.8) is 0 Å². The standard InChI is InChI=1S/C14H23O2Si/c1-13(15-10-11-17(2,3)4)16-12-14-8-6-5-7-9-14/h5-9H,10-12H2,1-4H3. The van der Waals surface area contributed by atoms with E-state index in [4.69, 9.17) is 9.47 Å². The highest BCUT2D eigenvalue weighted by Gasteiger charge is 2.13. The lowest BCUT2D eigenvalue weighted by Gasteiger charge is -2.17. The molecule has 0 saturated carbocycles. The Morgan fingerprint density at radius 2 is 1.71 bits per heavy atom. The van der Waals surface area contributed by atoms with Gasteiger partial charge in [0.25, 0.3) is 0 Å². The van der Waals surface area contributed by atoms with Gasteiger partial charge >= 0.3 is 0 Å². The van der Waals surface area contributed by atoms with Crippen LogP contribution in [0.25, 0.3) is 0 Å². The molecule has 3 heteroatoms. The highest BCUT2D eigenvalue weighted by molar-refractivity contribution is 6.76. The highest BCUT2D eigenvalue weighted by Crippen LogP contribution is 2.13. The summed E-state index contributed by atoms with van der Waals surface area (Å²) in [5.74, 6) is 0. The van der Waals surface area contributed by atoms with Crippen molar-refractivity contribution in [3.05, 3.63) is 42.2 Å². The molecule has 0 heterocycles. The van der Waals surface area contributed by atoms with Gasteiger partial charge in [-0.25, -0.2) is 0 Å². The van der Waals surface area contributed by atoms with Crippen LogP contribution in [0.15, 0.2) is 30.3 Å². The van der Waals surface area contributed by atoms with Crippen LogP contribution in [0, 0.1) is 6.29 Å². The summed E-state index contributed by atoms with van der Waals surface area (Å²) in [6, 6.07) is 11.3. The van der Waals surface area contributed by atoms with Gasteiger partial charge in [-0.3, -0.25) is 0 Å². The van der Waals surface area contributed by atoms with Gasteiger partial charge in [0, 0.05) is 14.7 Å². The summed E-state index contributed by atoms with van der Waals surface area (Å²) in [4.78, 5) is 0.